The first kappa shape index (κ1) is 23.0. The molecule has 1 saturated carbocycles. The molecule has 5 aromatic carbocycles. The fraction of sp³-hybridized carbons (Fsp3) is 0.189. The van der Waals surface area contributed by atoms with Gasteiger partial charge in [0.2, 0.25) is 0 Å². The van der Waals surface area contributed by atoms with Crippen LogP contribution in [0.3, 0.4) is 0 Å². The minimum Gasteiger partial charge on any atom is -0.349 e. The summed E-state index contributed by atoms with van der Waals surface area (Å²) < 4.78 is 14.8. The molecule has 0 N–H and O–H groups in total. The van der Waals surface area contributed by atoms with Crippen LogP contribution in [0.25, 0.3) is 0 Å². The van der Waals surface area contributed by atoms with Crippen molar-refractivity contribution in [3.05, 3.63) is 179 Å². The molecule has 5 aromatic rings. The topological polar surface area (TPSA) is 25.1 Å². The highest BCUT2D eigenvalue weighted by Crippen LogP contribution is 2.87. The molecular weight excluding hydrogens is 476 g/mol. The molecule has 2 heterocycles. The molecule has 3 aliphatic rings. The Hall–Kier alpha value is -3.98. The zero-order chi connectivity index (χ0) is 26.0. The third-order valence-electron chi connectivity index (χ3n) is 9.43. The normalized spacial score (nSPS) is 32.4. The maximum absolute atomic E-state index is 7.51. The van der Waals surface area contributed by atoms with Gasteiger partial charge >= 0.3 is 0 Å². The lowest BCUT2D eigenvalue weighted by Gasteiger charge is -2.31. The third kappa shape index (κ3) is 2.83. The van der Waals surface area contributed by atoms with Crippen LogP contribution in [0.2, 0.25) is 0 Å². The first-order valence-electron chi connectivity index (χ1n) is 14.0. The second-order valence-electron chi connectivity index (χ2n) is 11.1. The van der Waals surface area contributed by atoms with E-state index in [0.29, 0.717) is 0 Å². The maximum Gasteiger partial charge on any atom is 0.164 e. The maximum atomic E-state index is 7.51. The smallest absolute Gasteiger partial charge is 0.164 e. The van der Waals surface area contributed by atoms with Crippen LogP contribution >= 0.6 is 0 Å². The molecule has 2 saturated heterocycles. The van der Waals surface area contributed by atoms with Crippen LogP contribution in [0.15, 0.2) is 152 Å². The second-order valence-corrected chi connectivity index (χ2v) is 11.1. The average molecular weight is 507 g/mol. The molecule has 3 fully saturated rings. The highest BCUT2D eigenvalue weighted by molar-refractivity contribution is 5.59. The average Bonchev–Trinajstić information content (AvgIpc) is 3.92. The summed E-state index contributed by atoms with van der Waals surface area (Å²) in [6.07, 6.45) is 1.84. The fourth-order valence-corrected chi connectivity index (χ4v) is 7.90. The number of benzene rings is 5. The number of ether oxygens (including phenoxy) is 2. The minimum absolute atomic E-state index is 0.152. The van der Waals surface area contributed by atoms with E-state index in [-0.39, 0.29) is 5.92 Å². The summed E-state index contributed by atoms with van der Waals surface area (Å²) in [5, 5.41) is 0. The van der Waals surface area contributed by atoms with E-state index in [1.54, 1.807) is 0 Å². The molecular formula is C37H30O2. The van der Waals surface area contributed by atoms with Crippen molar-refractivity contribution >= 4 is 0 Å². The Morgan fingerprint density at radius 1 is 0.436 bits per heavy atom. The molecule has 1 aliphatic carbocycles. The summed E-state index contributed by atoms with van der Waals surface area (Å²) in [6, 6.07) is 54.3. The van der Waals surface area contributed by atoms with Crippen molar-refractivity contribution < 1.29 is 9.47 Å². The molecule has 2 nitrogen and oxygen atoms in total. The van der Waals surface area contributed by atoms with Crippen LogP contribution in [0.4, 0.5) is 0 Å². The van der Waals surface area contributed by atoms with Crippen molar-refractivity contribution in [2.75, 3.05) is 0 Å². The van der Waals surface area contributed by atoms with Crippen molar-refractivity contribution in [2.24, 2.45) is 0 Å². The van der Waals surface area contributed by atoms with Crippen molar-refractivity contribution in [1.82, 2.24) is 0 Å². The molecule has 2 aliphatic heterocycles. The monoisotopic (exact) mass is 506 g/mol. The number of hydrogen-bond acceptors (Lipinski definition) is 2. The zero-order valence-corrected chi connectivity index (χ0v) is 21.7. The van der Waals surface area contributed by atoms with Gasteiger partial charge in [-0.1, -0.05) is 152 Å². The summed E-state index contributed by atoms with van der Waals surface area (Å²) in [5.74, 6) is 0.152. The molecule has 2 heteroatoms. The fourth-order valence-electron chi connectivity index (χ4n) is 7.90. The summed E-state index contributed by atoms with van der Waals surface area (Å²) >= 11 is 0. The number of epoxide rings is 2. The Morgan fingerprint density at radius 2 is 0.872 bits per heavy atom. The lowest BCUT2D eigenvalue weighted by atomic mass is 9.64. The summed E-state index contributed by atoms with van der Waals surface area (Å²) in [7, 11) is 0. The van der Waals surface area contributed by atoms with Crippen LogP contribution in [-0.2, 0) is 31.9 Å². The molecule has 5 atom stereocenters. The van der Waals surface area contributed by atoms with Gasteiger partial charge in [-0.15, -0.1) is 0 Å². The second kappa shape index (κ2) is 8.26. The van der Waals surface area contributed by atoms with Crippen molar-refractivity contribution in [1.29, 1.82) is 0 Å². The lowest BCUT2D eigenvalue weighted by Crippen LogP contribution is -2.40. The van der Waals surface area contributed by atoms with Gasteiger partial charge < -0.3 is 9.47 Å². The van der Waals surface area contributed by atoms with Gasteiger partial charge in [0.25, 0.3) is 0 Å². The molecule has 0 radical (unpaired) electrons. The van der Waals surface area contributed by atoms with E-state index in [1.165, 1.54) is 27.8 Å². The minimum atomic E-state index is -0.725. The van der Waals surface area contributed by atoms with Gasteiger partial charge in [-0.25, -0.2) is 0 Å². The first-order chi connectivity index (χ1) is 19.3. The van der Waals surface area contributed by atoms with Crippen LogP contribution in [0.1, 0.15) is 46.6 Å². The Kier molecular flexibility index (Phi) is 4.86. The molecule has 190 valence electrons. The Bertz CT molecular complexity index is 1610. The van der Waals surface area contributed by atoms with Gasteiger partial charge in [-0.2, -0.15) is 0 Å². The molecule has 39 heavy (non-hydrogen) atoms. The predicted molar refractivity (Wildman–Crippen MR) is 153 cm³/mol. The van der Waals surface area contributed by atoms with Gasteiger partial charge in [0.15, 0.2) is 11.2 Å². The molecule has 8 rings (SSSR count). The quantitative estimate of drug-likeness (QED) is 0.224. The van der Waals surface area contributed by atoms with E-state index in [4.69, 9.17) is 9.47 Å². The Morgan fingerprint density at radius 3 is 1.41 bits per heavy atom. The molecule has 0 bridgehead atoms. The van der Waals surface area contributed by atoms with E-state index in [9.17, 15) is 0 Å². The number of fused-ring (bicyclic) bond motifs is 3. The highest BCUT2D eigenvalue weighted by atomic mass is 16.7. The van der Waals surface area contributed by atoms with E-state index >= 15 is 0 Å². The van der Waals surface area contributed by atoms with Crippen LogP contribution in [0.5, 0.6) is 0 Å². The molecule has 5 unspecified atom stereocenters. The Labute approximate surface area is 229 Å². The van der Waals surface area contributed by atoms with E-state index in [1.807, 2.05) is 0 Å². The van der Waals surface area contributed by atoms with E-state index < -0.39 is 22.4 Å². The van der Waals surface area contributed by atoms with Gasteiger partial charge in [-0.3, -0.25) is 0 Å². The third-order valence-corrected chi connectivity index (χ3v) is 9.43. The molecule has 0 amide bonds. The number of hydrogen-bond donors (Lipinski definition) is 0. The summed E-state index contributed by atoms with van der Waals surface area (Å²) in [4.78, 5) is 0. The Balaban J connectivity index is 1.49. The van der Waals surface area contributed by atoms with Crippen LogP contribution in [-0.4, -0.2) is 0 Å². The first-order valence-corrected chi connectivity index (χ1v) is 14.0. The SMILES string of the molecule is c1ccc(C2CCC3(c4ccccc4)OC3(c3ccccc3)C3(c4ccccc4)OC23c2ccccc2)cc1. The van der Waals surface area contributed by atoms with Gasteiger partial charge in [-0.05, 0) is 40.7 Å². The van der Waals surface area contributed by atoms with Crippen molar-refractivity contribution in [3.63, 3.8) is 0 Å². The number of rotatable bonds is 5. The van der Waals surface area contributed by atoms with Crippen molar-refractivity contribution in [3.8, 4) is 0 Å². The van der Waals surface area contributed by atoms with Gasteiger partial charge in [0.05, 0.1) is 0 Å². The summed E-state index contributed by atoms with van der Waals surface area (Å²) in [5.41, 5.74) is 3.55. The zero-order valence-electron chi connectivity index (χ0n) is 21.7. The van der Waals surface area contributed by atoms with Gasteiger partial charge in [0.1, 0.15) is 11.2 Å². The molecule has 0 aromatic heterocycles. The lowest BCUT2D eigenvalue weighted by molar-refractivity contribution is 0.152. The highest BCUT2D eigenvalue weighted by Gasteiger charge is 2.95. The van der Waals surface area contributed by atoms with E-state index in [2.05, 4.69) is 152 Å². The van der Waals surface area contributed by atoms with Crippen LogP contribution < -0.4 is 0 Å². The standard InChI is InChI=1S/C37H30O2/c1-6-16-28(17-7-1)33-26-27-34(29-18-8-2-9-19-29)36(38-34,31-22-12-4-13-23-31)37(32-24-14-5-15-25-32)35(33,39-37)30-20-10-3-11-21-30/h1-25,33H,26-27H2. The summed E-state index contributed by atoms with van der Waals surface area (Å²) in [6.45, 7) is 0. The van der Waals surface area contributed by atoms with Crippen molar-refractivity contribution in [2.45, 2.75) is 41.2 Å². The predicted octanol–water partition coefficient (Wildman–Crippen LogP) is 8.21. The van der Waals surface area contributed by atoms with Crippen LogP contribution in [0, 0.1) is 0 Å². The largest absolute Gasteiger partial charge is 0.349 e. The van der Waals surface area contributed by atoms with Gasteiger partial charge in [0, 0.05) is 5.92 Å². The molecule has 0 spiro atoms. The van der Waals surface area contributed by atoms with E-state index in [0.717, 1.165) is 12.8 Å².